The van der Waals surface area contributed by atoms with Gasteiger partial charge in [-0.1, -0.05) is 0 Å². The fraction of sp³-hybridized carbons (Fsp3) is 0.286. The first kappa shape index (κ1) is 13.9. The molecule has 0 atom stereocenters. The lowest BCUT2D eigenvalue weighted by Gasteiger charge is -2.15. The van der Waals surface area contributed by atoms with E-state index < -0.39 is 4.92 Å². The van der Waals surface area contributed by atoms with E-state index in [-0.39, 0.29) is 5.88 Å². The second-order valence-electron chi connectivity index (χ2n) is 4.74. The molecule has 1 aromatic carbocycles. The van der Waals surface area contributed by atoms with Gasteiger partial charge in [0.15, 0.2) is 0 Å². The molecule has 0 aliphatic rings. The smallest absolute Gasteiger partial charge is 0.404 e. The van der Waals surface area contributed by atoms with Crippen molar-refractivity contribution in [1.29, 1.82) is 0 Å². The van der Waals surface area contributed by atoms with E-state index in [0.29, 0.717) is 12.3 Å². The van der Waals surface area contributed by atoms with E-state index in [2.05, 4.69) is 11.4 Å². The molecule has 0 bridgehead atoms. The highest BCUT2D eigenvalue weighted by molar-refractivity contribution is 5.59. The Hall–Kier alpha value is -2.50. The molecule has 2 aromatic rings. The number of hydrogen-bond donors (Lipinski definition) is 1. The SMILES string of the molecule is Cc1cc(N(C)C)ccc1NCc1ccc([N+](=O)[O-])o1. The number of nitrogens with zero attached hydrogens (tertiary/aromatic N) is 2. The van der Waals surface area contributed by atoms with Crippen LogP contribution in [0.5, 0.6) is 0 Å². The molecule has 2 rings (SSSR count). The largest absolute Gasteiger partial charge is 0.433 e. The molecule has 1 heterocycles. The Morgan fingerprint density at radius 3 is 2.60 bits per heavy atom. The van der Waals surface area contributed by atoms with Crippen LogP contribution in [0.3, 0.4) is 0 Å². The van der Waals surface area contributed by atoms with Crippen LogP contribution < -0.4 is 10.2 Å². The lowest BCUT2D eigenvalue weighted by atomic mass is 10.1. The monoisotopic (exact) mass is 275 g/mol. The van der Waals surface area contributed by atoms with Gasteiger partial charge in [-0.2, -0.15) is 0 Å². The quantitative estimate of drug-likeness (QED) is 0.670. The van der Waals surface area contributed by atoms with E-state index in [4.69, 9.17) is 4.42 Å². The summed E-state index contributed by atoms with van der Waals surface area (Å²) in [6.07, 6.45) is 0. The number of rotatable bonds is 5. The van der Waals surface area contributed by atoms with E-state index in [9.17, 15) is 10.1 Å². The first-order chi connectivity index (χ1) is 9.47. The molecule has 0 amide bonds. The van der Waals surface area contributed by atoms with E-state index in [1.165, 1.54) is 6.07 Å². The Labute approximate surface area is 117 Å². The van der Waals surface area contributed by atoms with Gasteiger partial charge >= 0.3 is 5.88 Å². The molecule has 20 heavy (non-hydrogen) atoms. The molecule has 0 saturated heterocycles. The topological polar surface area (TPSA) is 71.5 Å². The van der Waals surface area contributed by atoms with Gasteiger partial charge in [-0.3, -0.25) is 10.1 Å². The third-order valence-electron chi connectivity index (χ3n) is 3.01. The average molecular weight is 275 g/mol. The molecule has 0 saturated carbocycles. The summed E-state index contributed by atoms with van der Waals surface area (Å²) in [5.41, 5.74) is 3.22. The van der Waals surface area contributed by atoms with Crippen molar-refractivity contribution >= 4 is 17.3 Å². The third-order valence-corrected chi connectivity index (χ3v) is 3.01. The fourth-order valence-corrected chi connectivity index (χ4v) is 1.87. The van der Waals surface area contributed by atoms with E-state index >= 15 is 0 Å². The Morgan fingerprint density at radius 2 is 2.05 bits per heavy atom. The second kappa shape index (κ2) is 5.64. The minimum Gasteiger partial charge on any atom is -0.404 e. The molecule has 0 radical (unpaired) electrons. The van der Waals surface area contributed by atoms with Crippen LogP contribution in [0.4, 0.5) is 17.3 Å². The molecule has 0 spiro atoms. The van der Waals surface area contributed by atoms with E-state index in [1.54, 1.807) is 6.07 Å². The molecular formula is C14H17N3O3. The van der Waals surface area contributed by atoms with Crippen LogP contribution in [0, 0.1) is 17.0 Å². The molecule has 106 valence electrons. The van der Waals surface area contributed by atoms with Crippen molar-refractivity contribution in [3.05, 3.63) is 51.8 Å². The molecule has 0 aliphatic heterocycles. The first-order valence-electron chi connectivity index (χ1n) is 6.22. The number of benzene rings is 1. The van der Waals surface area contributed by atoms with Crippen LogP contribution >= 0.6 is 0 Å². The van der Waals surface area contributed by atoms with Gasteiger partial charge in [0.1, 0.15) is 10.7 Å². The van der Waals surface area contributed by atoms with E-state index in [1.807, 2.05) is 38.1 Å². The van der Waals surface area contributed by atoms with Gasteiger partial charge in [0, 0.05) is 25.5 Å². The van der Waals surface area contributed by atoms with Crippen molar-refractivity contribution in [2.75, 3.05) is 24.3 Å². The average Bonchev–Trinajstić information content (AvgIpc) is 2.86. The highest BCUT2D eigenvalue weighted by Crippen LogP contribution is 2.23. The lowest BCUT2D eigenvalue weighted by molar-refractivity contribution is -0.402. The minimum atomic E-state index is -0.541. The molecule has 0 fully saturated rings. The maximum Gasteiger partial charge on any atom is 0.433 e. The minimum absolute atomic E-state index is 0.235. The van der Waals surface area contributed by atoms with Crippen molar-refractivity contribution < 1.29 is 9.34 Å². The predicted octanol–water partition coefficient (Wildman–Crippen LogP) is 3.17. The highest BCUT2D eigenvalue weighted by atomic mass is 16.6. The Bertz CT molecular complexity index is 620. The summed E-state index contributed by atoms with van der Waals surface area (Å²) in [5.74, 6) is 0.300. The molecule has 0 aliphatic carbocycles. The Balaban J connectivity index is 2.05. The maximum atomic E-state index is 10.5. The fourth-order valence-electron chi connectivity index (χ4n) is 1.87. The van der Waals surface area contributed by atoms with Crippen molar-refractivity contribution in [3.8, 4) is 0 Å². The number of furan rings is 1. The first-order valence-corrected chi connectivity index (χ1v) is 6.22. The molecular weight excluding hydrogens is 258 g/mol. The van der Waals surface area contributed by atoms with Crippen LogP contribution in [0.1, 0.15) is 11.3 Å². The summed E-state index contributed by atoms with van der Waals surface area (Å²) < 4.78 is 5.10. The molecule has 0 unspecified atom stereocenters. The van der Waals surface area contributed by atoms with Gasteiger partial charge in [0.25, 0.3) is 0 Å². The van der Waals surface area contributed by atoms with Crippen LogP contribution in [0.2, 0.25) is 0 Å². The maximum absolute atomic E-state index is 10.5. The van der Waals surface area contributed by atoms with Gasteiger partial charge in [-0.05, 0) is 36.8 Å². The van der Waals surface area contributed by atoms with Crippen molar-refractivity contribution in [2.45, 2.75) is 13.5 Å². The summed E-state index contributed by atoms with van der Waals surface area (Å²) in [6, 6.07) is 9.04. The van der Waals surface area contributed by atoms with Gasteiger partial charge in [0.05, 0.1) is 12.6 Å². The number of aryl methyl sites for hydroxylation is 1. The van der Waals surface area contributed by atoms with Gasteiger partial charge < -0.3 is 14.6 Å². The van der Waals surface area contributed by atoms with E-state index in [0.717, 1.165) is 16.9 Å². The van der Waals surface area contributed by atoms with Crippen LogP contribution in [0.25, 0.3) is 0 Å². The zero-order chi connectivity index (χ0) is 14.7. The summed E-state index contributed by atoms with van der Waals surface area (Å²) in [7, 11) is 3.98. The van der Waals surface area contributed by atoms with Crippen molar-refractivity contribution in [2.24, 2.45) is 0 Å². The molecule has 6 heteroatoms. The normalized spacial score (nSPS) is 10.3. The van der Waals surface area contributed by atoms with Crippen LogP contribution in [-0.4, -0.2) is 19.0 Å². The molecule has 1 aromatic heterocycles. The zero-order valence-electron chi connectivity index (χ0n) is 11.7. The molecule has 1 N–H and O–H groups in total. The second-order valence-corrected chi connectivity index (χ2v) is 4.74. The van der Waals surface area contributed by atoms with Crippen LogP contribution in [-0.2, 0) is 6.54 Å². The third kappa shape index (κ3) is 3.09. The van der Waals surface area contributed by atoms with Crippen molar-refractivity contribution in [1.82, 2.24) is 0 Å². The highest BCUT2D eigenvalue weighted by Gasteiger charge is 2.11. The zero-order valence-corrected chi connectivity index (χ0v) is 11.7. The summed E-state index contributed by atoms with van der Waals surface area (Å²) in [6.45, 7) is 2.43. The Morgan fingerprint density at radius 1 is 1.30 bits per heavy atom. The number of nitro groups is 1. The van der Waals surface area contributed by atoms with Gasteiger partial charge in [-0.25, -0.2) is 0 Å². The Kier molecular flexibility index (Phi) is 3.93. The summed E-state index contributed by atoms with van der Waals surface area (Å²) in [5, 5.41) is 13.7. The lowest BCUT2D eigenvalue weighted by Crippen LogP contribution is -2.09. The van der Waals surface area contributed by atoms with Crippen LogP contribution in [0.15, 0.2) is 34.7 Å². The van der Waals surface area contributed by atoms with Crippen molar-refractivity contribution in [3.63, 3.8) is 0 Å². The predicted molar refractivity (Wildman–Crippen MR) is 78.2 cm³/mol. The number of nitrogens with one attached hydrogen (secondary N) is 1. The van der Waals surface area contributed by atoms with Gasteiger partial charge in [-0.15, -0.1) is 0 Å². The summed E-state index contributed by atoms with van der Waals surface area (Å²) in [4.78, 5) is 12.0. The number of anilines is 2. The summed E-state index contributed by atoms with van der Waals surface area (Å²) >= 11 is 0. The number of hydrogen-bond acceptors (Lipinski definition) is 5. The molecule has 6 nitrogen and oxygen atoms in total. The van der Waals surface area contributed by atoms with Gasteiger partial charge in [0.2, 0.25) is 0 Å². The standard InChI is InChI=1S/C14H17N3O3/c1-10-8-11(16(2)3)4-6-13(10)15-9-12-5-7-14(20-12)17(18)19/h4-8,15H,9H2,1-3H3.